The second-order valence-electron chi connectivity index (χ2n) is 9.03. The summed E-state index contributed by atoms with van der Waals surface area (Å²) in [6.45, 7) is 2.19. The number of phenols is 1. The summed E-state index contributed by atoms with van der Waals surface area (Å²) >= 11 is 0. The summed E-state index contributed by atoms with van der Waals surface area (Å²) in [6, 6.07) is 7.38. The molecule has 0 aromatic heterocycles. The van der Waals surface area contributed by atoms with Gasteiger partial charge in [-0.15, -0.1) is 0 Å². The molecule has 1 aliphatic rings. The minimum absolute atomic E-state index is 0.00118. The van der Waals surface area contributed by atoms with Crippen molar-refractivity contribution in [3.05, 3.63) is 65.2 Å². The van der Waals surface area contributed by atoms with E-state index in [2.05, 4.69) is 6.92 Å². The summed E-state index contributed by atoms with van der Waals surface area (Å²) in [7, 11) is 0. The maximum Gasteiger partial charge on any atom is 0.175 e. The van der Waals surface area contributed by atoms with E-state index in [1.807, 2.05) is 0 Å². The smallest absolute Gasteiger partial charge is 0.175 e. The van der Waals surface area contributed by atoms with Gasteiger partial charge in [-0.1, -0.05) is 38.7 Å². The summed E-state index contributed by atoms with van der Waals surface area (Å²) in [5, 5.41) is 9.20. The second-order valence-corrected chi connectivity index (χ2v) is 9.03. The number of aromatic hydroxyl groups is 1. The number of halogens is 4. The molecule has 1 nitrogen and oxygen atoms in total. The van der Waals surface area contributed by atoms with Gasteiger partial charge in [-0.2, -0.15) is 0 Å². The van der Waals surface area contributed by atoms with Crippen LogP contribution in [0.25, 0.3) is 21.9 Å². The first-order valence-electron chi connectivity index (χ1n) is 11.5. The maximum absolute atomic E-state index is 15.0. The molecule has 0 bridgehead atoms. The lowest BCUT2D eigenvalue weighted by atomic mass is 9.76. The summed E-state index contributed by atoms with van der Waals surface area (Å²) in [6.07, 6.45) is 8.93. The molecule has 0 saturated heterocycles. The van der Waals surface area contributed by atoms with Gasteiger partial charge in [-0.25, -0.2) is 17.6 Å². The maximum atomic E-state index is 15.0. The molecule has 1 saturated carbocycles. The van der Waals surface area contributed by atoms with E-state index in [1.54, 1.807) is 0 Å². The molecule has 1 aliphatic carbocycles. The van der Waals surface area contributed by atoms with Crippen LogP contribution in [0.4, 0.5) is 17.6 Å². The lowest BCUT2D eigenvalue weighted by Crippen LogP contribution is -2.14. The highest BCUT2D eigenvalue weighted by molar-refractivity contribution is 5.89. The fourth-order valence-corrected chi connectivity index (χ4v) is 5.08. The van der Waals surface area contributed by atoms with E-state index < -0.39 is 34.4 Å². The van der Waals surface area contributed by atoms with E-state index in [4.69, 9.17) is 0 Å². The van der Waals surface area contributed by atoms with Gasteiger partial charge in [0.05, 0.1) is 10.9 Å². The molecule has 1 N–H and O–H groups in total. The third kappa shape index (κ3) is 4.48. The van der Waals surface area contributed by atoms with Crippen molar-refractivity contribution >= 4 is 10.8 Å². The molecule has 0 heterocycles. The van der Waals surface area contributed by atoms with Crippen LogP contribution in [0.15, 0.2) is 36.4 Å². The molecule has 3 aromatic rings. The van der Waals surface area contributed by atoms with Crippen LogP contribution in [0, 0.1) is 29.2 Å². The highest BCUT2D eigenvalue weighted by atomic mass is 19.1. The Bertz CT molecular complexity index is 1090. The largest absolute Gasteiger partial charge is 0.505 e. The van der Waals surface area contributed by atoms with Gasteiger partial charge in [0.25, 0.3) is 0 Å². The van der Waals surface area contributed by atoms with Gasteiger partial charge in [0, 0.05) is 0 Å². The molecule has 4 rings (SSSR count). The van der Waals surface area contributed by atoms with Crippen molar-refractivity contribution in [2.45, 2.75) is 64.2 Å². The quantitative estimate of drug-likeness (QED) is 0.298. The van der Waals surface area contributed by atoms with Crippen molar-refractivity contribution in [3.8, 4) is 16.9 Å². The van der Waals surface area contributed by atoms with E-state index >= 15 is 8.78 Å². The normalized spacial score (nSPS) is 18.9. The fraction of sp³-hybridized carbons (Fsp3) is 0.407. The standard InChI is InChI=1S/C27H28F4O/c1-2-3-4-5-16-6-8-17(9-7-16)19-13-21(28)25(22(29)14-19)20-12-18-10-11-24(32)27(31)26(18)23(30)15-20/h10-17,32H,2-9H2,1H3. The Morgan fingerprint density at radius 2 is 1.53 bits per heavy atom. The van der Waals surface area contributed by atoms with Crippen molar-refractivity contribution < 1.29 is 22.7 Å². The average Bonchev–Trinajstić information content (AvgIpc) is 2.76. The van der Waals surface area contributed by atoms with Gasteiger partial charge in [0.2, 0.25) is 0 Å². The Balaban J connectivity index is 1.58. The Hall–Kier alpha value is -2.56. The lowest BCUT2D eigenvalue weighted by molar-refractivity contribution is 0.302. The third-order valence-corrected chi connectivity index (χ3v) is 6.87. The van der Waals surface area contributed by atoms with Gasteiger partial charge in [-0.3, -0.25) is 0 Å². The molecule has 0 radical (unpaired) electrons. The molecule has 5 heteroatoms. The van der Waals surface area contributed by atoms with Crippen LogP contribution in [-0.4, -0.2) is 5.11 Å². The fourth-order valence-electron chi connectivity index (χ4n) is 5.08. The minimum atomic E-state index is -1.09. The van der Waals surface area contributed by atoms with Crippen molar-refractivity contribution in [3.63, 3.8) is 0 Å². The Labute approximate surface area is 186 Å². The number of hydrogen-bond donors (Lipinski definition) is 1. The highest BCUT2D eigenvalue weighted by Gasteiger charge is 2.25. The molecule has 0 amide bonds. The van der Waals surface area contributed by atoms with Crippen molar-refractivity contribution in [2.75, 3.05) is 0 Å². The number of rotatable bonds is 6. The topological polar surface area (TPSA) is 20.2 Å². The zero-order valence-corrected chi connectivity index (χ0v) is 18.2. The monoisotopic (exact) mass is 444 g/mol. The zero-order chi connectivity index (χ0) is 22.8. The van der Waals surface area contributed by atoms with Crippen molar-refractivity contribution in [1.82, 2.24) is 0 Å². The van der Waals surface area contributed by atoms with Crippen LogP contribution in [-0.2, 0) is 0 Å². The van der Waals surface area contributed by atoms with E-state index in [9.17, 15) is 13.9 Å². The molecule has 3 aromatic carbocycles. The average molecular weight is 445 g/mol. The third-order valence-electron chi connectivity index (χ3n) is 6.87. The van der Waals surface area contributed by atoms with Crippen LogP contribution in [0.5, 0.6) is 5.75 Å². The Morgan fingerprint density at radius 1 is 0.844 bits per heavy atom. The second kappa shape index (κ2) is 9.51. The summed E-state index contributed by atoms with van der Waals surface area (Å²) in [4.78, 5) is 0. The summed E-state index contributed by atoms with van der Waals surface area (Å²) in [5.74, 6) is -3.41. The summed E-state index contributed by atoms with van der Waals surface area (Å²) in [5.41, 5.74) is 0.325. The first-order chi connectivity index (χ1) is 15.4. The van der Waals surface area contributed by atoms with E-state index in [-0.39, 0.29) is 22.4 Å². The molecular weight excluding hydrogens is 416 g/mol. The number of unbranched alkanes of at least 4 members (excludes halogenated alkanes) is 2. The molecule has 0 unspecified atom stereocenters. The van der Waals surface area contributed by atoms with Crippen molar-refractivity contribution in [1.29, 1.82) is 0 Å². The Kier molecular flexibility index (Phi) is 6.73. The molecule has 32 heavy (non-hydrogen) atoms. The van der Waals surface area contributed by atoms with E-state index in [1.165, 1.54) is 49.9 Å². The van der Waals surface area contributed by atoms with Crippen molar-refractivity contribution in [2.24, 2.45) is 5.92 Å². The highest BCUT2D eigenvalue weighted by Crippen LogP contribution is 2.40. The molecule has 0 atom stereocenters. The van der Waals surface area contributed by atoms with Gasteiger partial charge < -0.3 is 5.11 Å². The predicted octanol–water partition coefficient (Wildman–Crippen LogP) is 8.62. The van der Waals surface area contributed by atoms with Gasteiger partial charge in [0.1, 0.15) is 17.5 Å². The van der Waals surface area contributed by atoms with E-state index in [0.29, 0.717) is 11.5 Å². The molecule has 170 valence electrons. The van der Waals surface area contributed by atoms with Gasteiger partial charge >= 0.3 is 0 Å². The first-order valence-corrected chi connectivity index (χ1v) is 11.5. The Morgan fingerprint density at radius 3 is 2.19 bits per heavy atom. The van der Waals surface area contributed by atoms with Crippen LogP contribution < -0.4 is 0 Å². The minimum Gasteiger partial charge on any atom is -0.505 e. The molecule has 1 fully saturated rings. The van der Waals surface area contributed by atoms with E-state index in [0.717, 1.165) is 37.8 Å². The summed E-state index contributed by atoms with van der Waals surface area (Å²) < 4.78 is 58.7. The predicted molar refractivity (Wildman–Crippen MR) is 120 cm³/mol. The first kappa shape index (κ1) is 22.6. The number of hydrogen-bond acceptors (Lipinski definition) is 1. The number of phenolic OH excluding ortho intramolecular Hbond substituents is 1. The van der Waals surface area contributed by atoms with Crippen LogP contribution >= 0.6 is 0 Å². The molecule has 0 spiro atoms. The van der Waals surface area contributed by atoms with Crippen LogP contribution in [0.3, 0.4) is 0 Å². The SMILES string of the molecule is CCCCCC1CCC(c2cc(F)c(-c3cc(F)c4c(F)c(O)ccc4c3)c(F)c2)CC1. The molecule has 0 aliphatic heterocycles. The zero-order valence-electron chi connectivity index (χ0n) is 18.2. The number of benzene rings is 3. The number of fused-ring (bicyclic) bond motifs is 1. The van der Waals surface area contributed by atoms with Crippen LogP contribution in [0.2, 0.25) is 0 Å². The molecular formula is C27H28F4O. The van der Waals surface area contributed by atoms with Gasteiger partial charge in [0.15, 0.2) is 11.6 Å². The van der Waals surface area contributed by atoms with Gasteiger partial charge in [-0.05, 0) is 84.4 Å². The van der Waals surface area contributed by atoms with Crippen LogP contribution in [0.1, 0.15) is 69.8 Å². The lowest BCUT2D eigenvalue weighted by Gasteiger charge is -2.29.